The van der Waals surface area contributed by atoms with Crippen molar-refractivity contribution >= 4 is 6.09 Å². The van der Waals surface area contributed by atoms with Crippen LogP contribution in [0.5, 0.6) is 0 Å². The topological polar surface area (TPSA) is 49.8 Å². The van der Waals surface area contributed by atoms with Gasteiger partial charge in [0.2, 0.25) is 0 Å². The average molecular weight is 199 g/mol. The lowest BCUT2D eigenvalue weighted by Crippen LogP contribution is -2.40. The van der Waals surface area contributed by atoms with E-state index in [4.69, 9.17) is 9.84 Å². The van der Waals surface area contributed by atoms with Crippen molar-refractivity contribution in [2.24, 2.45) is 5.92 Å². The van der Waals surface area contributed by atoms with E-state index in [-0.39, 0.29) is 0 Å². The van der Waals surface area contributed by atoms with Crippen LogP contribution in [0.2, 0.25) is 0 Å². The second-order valence-corrected chi connectivity index (χ2v) is 4.25. The Balaban J connectivity index is 1.64. The van der Waals surface area contributed by atoms with Gasteiger partial charge in [0.05, 0.1) is 6.10 Å². The minimum atomic E-state index is -0.800. The highest BCUT2D eigenvalue weighted by Crippen LogP contribution is 2.30. The summed E-state index contributed by atoms with van der Waals surface area (Å²) in [6, 6.07) is 0. The number of piperidine rings is 1. The van der Waals surface area contributed by atoms with E-state index < -0.39 is 6.09 Å². The molecule has 0 spiro atoms. The molecule has 1 aliphatic heterocycles. The van der Waals surface area contributed by atoms with Crippen molar-refractivity contribution in [3.05, 3.63) is 0 Å². The molecule has 0 aromatic rings. The van der Waals surface area contributed by atoms with Gasteiger partial charge in [0.25, 0.3) is 0 Å². The number of carbonyl (C=O) groups is 1. The number of hydrogen-bond acceptors (Lipinski definition) is 2. The fourth-order valence-corrected chi connectivity index (χ4v) is 1.77. The van der Waals surface area contributed by atoms with E-state index in [1.165, 1.54) is 17.7 Å². The molecule has 4 nitrogen and oxygen atoms in total. The molecule has 0 bridgehead atoms. The Kier molecular flexibility index (Phi) is 2.91. The first-order valence-electron chi connectivity index (χ1n) is 5.35. The molecule has 0 aromatic heterocycles. The van der Waals surface area contributed by atoms with Crippen LogP contribution in [0, 0.1) is 5.92 Å². The van der Waals surface area contributed by atoms with Gasteiger partial charge in [-0.2, -0.15) is 0 Å². The van der Waals surface area contributed by atoms with Gasteiger partial charge in [0.1, 0.15) is 0 Å². The summed E-state index contributed by atoms with van der Waals surface area (Å²) in [5, 5.41) is 8.74. The number of rotatable bonds is 3. The van der Waals surface area contributed by atoms with Crippen molar-refractivity contribution in [3.8, 4) is 0 Å². The molecule has 4 heteroatoms. The molecule has 1 saturated carbocycles. The summed E-state index contributed by atoms with van der Waals surface area (Å²) in [4.78, 5) is 12.1. The summed E-state index contributed by atoms with van der Waals surface area (Å²) in [7, 11) is 0. The van der Waals surface area contributed by atoms with Crippen LogP contribution in [-0.4, -0.2) is 41.9 Å². The molecule has 1 heterocycles. The lowest BCUT2D eigenvalue weighted by atomic mass is 10.1. The molecule has 0 radical (unpaired) electrons. The molecule has 1 N–H and O–H groups in total. The largest absolute Gasteiger partial charge is 0.465 e. The monoisotopic (exact) mass is 199 g/mol. The zero-order valence-corrected chi connectivity index (χ0v) is 8.32. The van der Waals surface area contributed by atoms with E-state index in [9.17, 15) is 4.79 Å². The first-order chi connectivity index (χ1) is 6.75. The lowest BCUT2D eigenvalue weighted by Gasteiger charge is -2.29. The highest BCUT2D eigenvalue weighted by molar-refractivity contribution is 5.64. The number of carboxylic acid groups (broad SMARTS) is 1. The van der Waals surface area contributed by atoms with Crippen LogP contribution < -0.4 is 0 Å². The van der Waals surface area contributed by atoms with Gasteiger partial charge >= 0.3 is 6.09 Å². The first kappa shape index (κ1) is 9.77. The summed E-state index contributed by atoms with van der Waals surface area (Å²) >= 11 is 0. The van der Waals surface area contributed by atoms with E-state index in [1.54, 1.807) is 0 Å². The van der Waals surface area contributed by atoms with E-state index in [2.05, 4.69) is 0 Å². The summed E-state index contributed by atoms with van der Waals surface area (Å²) in [5.74, 6) is 0.799. The average Bonchev–Trinajstić information content (AvgIpc) is 2.99. The smallest absolute Gasteiger partial charge is 0.407 e. The fourth-order valence-electron chi connectivity index (χ4n) is 1.77. The molecule has 1 saturated heterocycles. The molecule has 0 aromatic carbocycles. The Morgan fingerprint density at radius 3 is 2.43 bits per heavy atom. The van der Waals surface area contributed by atoms with Crippen LogP contribution in [0.3, 0.4) is 0 Å². The van der Waals surface area contributed by atoms with Gasteiger partial charge in [-0.1, -0.05) is 0 Å². The third-order valence-electron chi connectivity index (χ3n) is 2.98. The summed E-state index contributed by atoms with van der Waals surface area (Å²) in [6.07, 6.45) is 3.84. The Labute approximate surface area is 83.8 Å². The molecule has 1 aliphatic carbocycles. The SMILES string of the molecule is O=C(O)N1CCC(OCC2CC2)CC1. The molecule has 80 valence electrons. The lowest BCUT2D eigenvalue weighted by molar-refractivity contribution is 0.00516. The van der Waals surface area contributed by atoms with Gasteiger partial charge in [-0.25, -0.2) is 4.79 Å². The number of likely N-dealkylation sites (tertiary alicyclic amines) is 1. The van der Waals surface area contributed by atoms with Crippen LogP contribution >= 0.6 is 0 Å². The molecule has 0 atom stereocenters. The van der Waals surface area contributed by atoms with Crippen LogP contribution in [0.4, 0.5) is 4.79 Å². The van der Waals surface area contributed by atoms with E-state index in [1.807, 2.05) is 0 Å². The van der Waals surface area contributed by atoms with Gasteiger partial charge in [0.15, 0.2) is 0 Å². The Hall–Kier alpha value is -0.770. The fraction of sp³-hybridized carbons (Fsp3) is 0.900. The summed E-state index contributed by atoms with van der Waals surface area (Å²) < 4.78 is 5.72. The highest BCUT2D eigenvalue weighted by Gasteiger charge is 2.26. The van der Waals surface area contributed by atoms with Crippen molar-refractivity contribution in [1.82, 2.24) is 4.90 Å². The minimum Gasteiger partial charge on any atom is -0.465 e. The maximum Gasteiger partial charge on any atom is 0.407 e. The van der Waals surface area contributed by atoms with Crippen molar-refractivity contribution in [3.63, 3.8) is 0 Å². The molecule has 0 unspecified atom stereocenters. The number of amides is 1. The van der Waals surface area contributed by atoms with Crippen molar-refractivity contribution in [2.75, 3.05) is 19.7 Å². The van der Waals surface area contributed by atoms with Crippen molar-refractivity contribution in [2.45, 2.75) is 31.8 Å². The quantitative estimate of drug-likeness (QED) is 0.750. The maximum atomic E-state index is 10.6. The van der Waals surface area contributed by atoms with Gasteiger partial charge in [-0.15, -0.1) is 0 Å². The normalized spacial score (nSPS) is 23.9. The highest BCUT2D eigenvalue weighted by atomic mass is 16.5. The second-order valence-electron chi connectivity index (χ2n) is 4.25. The molecular formula is C10H17NO3. The second kappa shape index (κ2) is 4.17. The van der Waals surface area contributed by atoms with E-state index in [0.29, 0.717) is 19.2 Å². The Morgan fingerprint density at radius 1 is 1.29 bits per heavy atom. The van der Waals surface area contributed by atoms with Crippen molar-refractivity contribution < 1.29 is 14.6 Å². The third-order valence-corrected chi connectivity index (χ3v) is 2.98. The van der Waals surface area contributed by atoms with Crippen LogP contribution in [0.25, 0.3) is 0 Å². The van der Waals surface area contributed by atoms with Crippen LogP contribution in [0.1, 0.15) is 25.7 Å². The van der Waals surface area contributed by atoms with E-state index in [0.717, 1.165) is 25.4 Å². The molecule has 2 fully saturated rings. The standard InChI is InChI=1S/C10H17NO3/c12-10(13)11-5-3-9(4-6-11)14-7-8-1-2-8/h8-9H,1-7H2,(H,12,13). The number of nitrogens with zero attached hydrogens (tertiary/aromatic N) is 1. The van der Waals surface area contributed by atoms with Crippen molar-refractivity contribution in [1.29, 1.82) is 0 Å². The summed E-state index contributed by atoms with van der Waals surface area (Å²) in [5.41, 5.74) is 0. The van der Waals surface area contributed by atoms with Crippen LogP contribution in [-0.2, 0) is 4.74 Å². The minimum absolute atomic E-state index is 0.297. The van der Waals surface area contributed by atoms with Gasteiger partial charge in [-0.3, -0.25) is 0 Å². The number of ether oxygens (including phenoxy) is 1. The Bertz CT molecular complexity index is 207. The zero-order chi connectivity index (χ0) is 9.97. The zero-order valence-electron chi connectivity index (χ0n) is 8.32. The van der Waals surface area contributed by atoms with Gasteiger partial charge < -0.3 is 14.7 Å². The maximum absolute atomic E-state index is 10.6. The van der Waals surface area contributed by atoms with Gasteiger partial charge in [-0.05, 0) is 31.6 Å². The molecule has 2 rings (SSSR count). The molecule has 2 aliphatic rings. The van der Waals surface area contributed by atoms with Gasteiger partial charge in [0, 0.05) is 19.7 Å². The Morgan fingerprint density at radius 2 is 1.93 bits per heavy atom. The van der Waals surface area contributed by atoms with E-state index >= 15 is 0 Å². The third kappa shape index (κ3) is 2.61. The number of hydrogen-bond donors (Lipinski definition) is 1. The molecule has 1 amide bonds. The molecule has 14 heavy (non-hydrogen) atoms. The predicted octanol–water partition coefficient (Wildman–Crippen LogP) is 1.56. The summed E-state index contributed by atoms with van der Waals surface area (Å²) in [6.45, 7) is 2.15. The molecular weight excluding hydrogens is 182 g/mol. The predicted molar refractivity (Wildman–Crippen MR) is 51.3 cm³/mol. The first-order valence-corrected chi connectivity index (χ1v) is 5.35. The van der Waals surface area contributed by atoms with Crippen LogP contribution in [0.15, 0.2) is 0 Å².